The molecule has 0 amide bonds. The molecule has 0 atom stereocenters. The number of halogens is 4. The largest absolute Gasteiger partial charge is 0.462 e. The quantitative estimate of drug-likeness (QED) is 0.470. The number of nitrogens with zero attached hydrogens (tertiary/aromatic N) is 1. The van der Waals surface area contributed by atoms with E-state index in [2.05, 4.69) is 4.98 Å². The Kier molecular flexibility index (Phi) is 4.85. The molecule has 0 unspecified atom stereocenters. The summed E-state index contributed by atoms with van der Waals surface area (Å²) in [6.07, 6.45) is -2.72. The summed E-state index contributed by atoms with van der Waals surface area (Å²) in [5, 5.41) is -0.263. The molecule has 3 nitrogen and oxygen atoms in total. The smallest absolute Gasteiger partial charge is 0.342 e. The van der Waals surface area contributed by atoms with Gasteiger partial charge in [-0.2, -0.15) is 0 Å². The number of esters is 1. The normalized spacial score (nSPS) is 10.6. The molecule has 0 fully saturated rings. The maximum absolute atomic E-state index is 12.4. The molecule has 0 spiro atoms. The molecular formula is C9H7ClF2INO2. The molecule has 1 heterocycles. The van der Waals surface area contributed by atoms with Crippen LogP contribution in [-0.4, -0.2) is 17.6 Å². The van der Waals surface area contributed by atoms with Crippen LogP contribution in [0.4, 0.5) is 8.78 Å². The Morgan fingerprint density at radius 2 is 2.31 bits per heavy atom. The van der Waals surface area contributed by atoms with Gasteiger partial charge in [-0.15, -0.1) is 0 Å². The molecule has 0 saturated carbocycles. The monoisotopic (exact) mass is 361 g/mol. The second-order valence-electron chi connectivity index (χ2n) is 2.72. The number of hydrogen-bond acceptors (Lipinski definition) is 3. The predicted octanol–water partition coefficient (Wildman–Crippen LogP) is 3.45. The van der Waals surface area contributed by atoms with Crippen molar-refractivity contribution in [2.45, 2.75) is 13.3 Å². The van der Waals surface area contributed by atoms with Gasteiger partial charge in [0.2, 0.25) is 0 Å². The Balaban J connectivity index is 3.17. The van der Waals surface area contributed by atoms with E-state index in [9.17, 15) is 13.6 Å². The van der Waals surface area contributed by atoms with Crippen LogP contribution < -0.4 is 0 Å². The van der Waals surface area contributed by atoms with Crippen molar-refractivity contribution in [2.75, 3.05) is 6.61 Å². The van der Waals surface area contributed by atoms with Gasteiger partial charge in [0.15, 0.2) is 0 Å². The van der Waals surface area contributed by atoms with E-state index in [-0.39, 0.29) is 17.3 Å². The molecule has 0 N–H and O–H groups in total. The van der Waals surface area contributed by atoms with Crippen molar-refractivity contribution in [3.8, 4) is 0 Å². The second-order valence-corrected chi connectivity index (χ2v) is 4.24. The van der Waals surface area contributed by atoms with Crippen LogP contribution in [0.15, 0.2) is 6.07 Å². The standard InChI is InChI=1S/C9H7ClF2INO2/c1-2-16-9(15)6-4(13)3-5(8(11)12)14-7(6)10/h3,8H,2H2,1H3. The lowest BCUT2D eigenvalue weighted by Crippen LogP contribution is -2.10. The van der Waals surface area contributed by atoms with E-state index in [4.69, 9.17) is 16.3 Å². The summed E-state index contributed by atoms with van der Waals surface area (Å²) < 4.78 is 29.8. The van der Waals surface area contributed by atoms with Crippen molar-refractivity contribution < 1.29 is 18.3 Å². The summed E-state index contributed by atoms with van der Waals surface area (Å²) in [7, 11) is 0. The van der Waals surface area contributed by atoms with E-state index in [1.807, 2.05) is 0 Å². The van der Waals surface area contributed by atoms with Crippen molar-refractivity contribution in [3.05, 3.63) is 26.0 Å². The first-order valence-electron chi connectivity index (χ1n) is 4.28. The SMILES string of the molecule is CCOC(=O)c1c(I)cc(C(F)F)nc1Cl. The molecule has 0 aliphatic heterocycles. The van der Waals surface area contributed by atoms with Crippen molar-refractivity contribution in [3.63, 3.8) is 0 Å². The number of alkyl halides is 2. The highest BCUT2D eigenvalue weighted by Crippen LogP contribution is 2.26. The molecule has 1 aromatic rings. The minimum Gasteiger partial charge on any atom is -0.462 e. The van der Waals surface area contributed by atoms with Gasteiger partial charge in [-0.05, 0) is 35.6 Å². The Morgan fingerprint density at radius 3 is 2.75 bits per heavy atom. The molecule has 1 rings (SSSR count). The summed E-state index contributed by atoms with van der Waals surface area (Å²) in [5.74, 6) is -0.662. The van der Waals surface area contributed by atoms with E-state index in [0.717, 1.165) is 6.07 Å². The number of aromatic nitrogens is 1. The van der Waals surface area contributed by atoms with Crippen LogP contribution in [-0.2, 0) is 4.74 Å². The van der Waals surface area contributed by atoms with Gasteiger partial charge in [0.1, 0.15) is 16.4 Å². The van der Waals surface area contributed by atoms with Crippen LogP contribution in [0.1, 0.15) is 29.4 Å². The number of rotatable bonds is 3. The highest BCUT2D eigenvalue weighted by atomic mass is 127. The first-order chi connectivity index (χ1) is 7.47. The first kappa shape index (κ1) is 13.6. The fourth-order valence-corrected chi connectivity index (χ4v) is 2.23. The van der Waals surface area contributed by atoms with Gasteiger partial charge in [-0.1, -0.05) is 11.6 Å². The molecular weight excluding hydrogens is 354 g/mol. The maximum Gasteiger partial charge on any atom is 0.342 e. The average molecular weight is 362 g/mol. The van der Waals surface area contributed by atoms with E-state index in [1.54, 1.807) is 29.5 Å². The third-order valence-electron chi connectivity index (χ3n) is 1.65. The van der Waals surface area contributed by atoms with Crippen LogP contribution in [0.5, 0.6) is 0 Å². The molecule has 7 heteroatoms. The maximum atomic E-state index is 12.4. The fraction of sp³-hybridized carbons (Fsp3) is 0.333. The van der Waals surface area contributed by atoms with Gasteiger partial charge in [0.25, 0.3) is 6.43 Å². The van der Waals surface area contributed by atoms with Gasteiger partial charge >= 0.3 is 5.97 Å². The lowest BCUT2D eigenvalue weighted by atomic mass is 10.2. The fourth-order valence-electron chi connectivity index (χ4n) is 0.999. The summed E-state index contributed by atoms with van der Waals surface area (Å²) in [4.78, 5) is 14.9. The zero-order chi connectivity index (χ0) is 12.3. The minimum absolute atomic E-state index is 0.0218. The third-order valence-corrected chi connectivity index (χ3v) is 2.77. The van der Waals surface area contributed by atoms with Crippen molar-refractivity contribution in [1.29, 1.82) is 0 Å². The number of pyridine rings is 1. The Hall–Kier alpha value is -0.500. The average Bonchev–Trinajstić information content (AvgIpc) is 2.16. The van der Waals surface area contributed by atoms with Gasteiger partial charge in [0, 0.05) is 3.57 Å². The lowest BCUT2D eigenvalue weighted by molar-refractivity contribution is 0.0524. The number of ether oxygens (including phenoxy) is 1. The summed E-state index contributed by atoms with van der Waals surface area (Å²) in [6, 6.07) is 1.11. The highest BCUT2D eigenvalue weighted by Gasteiger charge is 2.20. The van der Waals surface area contributed by atoms with Crippen molar-refractivity contribution in [2.24, 2.45) is 0 Å². The van der Waals surface area contributed by atoms with E-state index < -0.39 is 18.1 Å². The summed E-state index contributed by atoms with van der Waals surface area (Å²) in [5.41, 5.74) is -0.434. The molecule has 0 saturated heterocycles. The molecule has 16 heavy (non-hydrogen) atoms. The second kappa shape index (κ2) is 5.72. The van der Waals surface area contributed by atoms with Crippen LogP contribution in [0.25, 0.3) is 0 Å². The van der Waals surface area contributed by atoms with Gasteiger partial charge in [0.05, 0.1) is 6.61 Å². The Morgan fingerprint density at radius 1 is 1.69 bits per heavy atom. The minimum atomic E-state index is -2.72. The van der Waals surface area contributed by atoms with E-state index in [0.29, 0.717) is 3.57 Å². The Bertz CT molecular complexity index is 391. The molecule has 0 aliphatic rings. The molecule has 0 aliphatic carbocycles. The van der Waals surface area contributed by atoms with Gasteiger partial charge in [-0.3, -0.25) is 0 Å². The first-order valence-corrected chi connectivity index (χ1v) is 5.74. The molecule has 1 aromatic heterocycles. The van der Waals surface area contributed by atoms with Crippen LogP contribution in [0.2, 0.25) is 5.15 Å². The van der Waals surface area contributed by atoms with Crippen LogP contribution >= 0.6 is 34.2 Å². The van der Waals surface area contributed by atoms with Gasteiger partial charge in [-0.25, -0.2) is 18.6 Å². The van der Waals surface area contributed by atoms with Crippen molar-refractivity contribution >= 4 is 40.2 Å². The number of carbonyl (C=O) groups is 1. The van der Waals surface area contributed by atoms with Gasteiger partial charge < -0.3 is 4.74 Å². The molecule has 0 radical (unpaired) electrons. The van der Waals surface area contributed by atoms with Crippen LogP contribution in [0.3, 0.4) is 0 Å². The topological polar surface area (TPSA) is 39.2 Å². The molecule has 88 valence electrons. The predicted molar refractivity (Wildman–Crippen MR) is 62.9 cm³/mol. The van der Waals surface area contributed by atoms with E-state index >= 15 is 0 Å². The summed E-state index contributed by atoms with van der Waals surface area (Å²) in [6.45, 7) is 1.82. The number of carbonyl (C=O) groups excluding carboxylic acids is 1. The molecule has 0 aromatic carbocycles. The molecule has 0 bridgehead atoms. The highest BCUT2D eigenvalue weighted by molar-refractivity contribution is 14.1. The zero-order valence-corrected chi connectivity index (χ0v) is 11.1. The van der Waals surface area contributed by atoms with Crippen LogP contribution in [0, 0.1) is 3.57 Å². The lowest BCUT2D eigenvalue weighted by Gasteiger charge is -2.08. The zero-order valence-electron chi connectivity index (χ0n) is 8.14. The number of hydrogen-bond donors (Lipinski definition) is 0. The van der Waals surface area contributed by atoms with Crippen molar-refractivity contribution in [1.82, 2.24) is 4.98 Å². The Labute approximate surface area is 109 Å². The third kappa shape index (κ3) is 3.00. The van der Waals surface area contributed by atoms with E-state index in [1.165, 1.54) is 0 Å². The summed E-state index contributed by atoms with van der Waals surface area (Å²) >= 11 is 7.40.